The van der Waals surface area contributed by atoms with Gasteiger partial charge in [-0.15, -0.1) is 0 Å². The van der Waals surface area contributed by atoms with Crippen molar-refractivity contribution in [2.75, 3.05) is 0 Å². The van der Waals surface area contributed by atoms with Crippen LogP contribution in [0.4, 0.5) is 0 Å². The minimum atomic E-state index is -1.33. The first kappa shape index (κ1) is 21.5. The Labute approximate surface area is 163 Å². The van der Waals surface area contributed by atoms with Crippen molar-refractivity contribution in [2.24, 2.45) is 5.92 Å². The number of hydrogen-bond donors (Lipinski definition) is 1. The zero-order valence-electron chi connectivity index (χ0n) is 16.8. The number of carbonyl (C=O) groups is 2. The largest absolute Gasteiger partial charge is 0.548 e. The molecule has 0 saturated heterocycles. The van der Waals surface area contributed by atoms with E-state index in [-0.39, 0.29) is 12.3 Å². The molecule has 152 valence electrons. The van der Waals surface area contributed by atoms with E-state index < -0.39 is 29.6 Å². The molecule has 0 fully saturated rings. The number of carbonyl (C=O) groups excluding carboxylic acids is 2. The monoisotopic (exact) mass is 388 g/mol. The third-order valence-corrected chi connectivity index (χ3v) is 4.56. The second-order valence-electron chi connectivity index (χ2n) is 7.28. The maximum Gasteiger partial charge on any atom is 0.336 e. The van der Waals surface area contributed by atoms with Gasteiger partial charge in [0.15, 0.2) is 6.10 Å². The van der Waals surface area contributed by atoms with Crippen LogP contribution in [-0.4, -0.2) is 24.0 Å². The highest BCUT2D eigenvalue weighted by Gasteiger charge is 2.22. The van der Waals surface area contributed by atoms with E-state index in [1.807, 2.05) is 20.8 Å². The molecule has 0 spiro atoms. The molecule has 1 heterocycles. The van der Waals surface area contributed by atoms with Gasteiger partial charge in [0.05, 0.1) is 12.0 Å². The van der Waals surface area contributed by atoms with Crippen LogP contribution in [0.1, 0.15) is 45.2 Å². The first-order valence-electron chi connectivity index (χ1n) is 9.38. The summed E-state index contributed by atoms with van der Waals surface area (Å²) in [5.41, 5.74) is 1.45. The van der Waals surface area contributed by atoms with E-state index in [2.05, 4.69) is 5.32 Å². The van der Waals surface area contributed by atoms with Crippen LogP contribution in [0.25, 0.3) is 11.0 Å². The van der Waals surface area contributed by atoms with Gasteiger partial charge >= 0.3 is 5.63 Å². The quantitative estimate of drug-likeness (QED) is 0.690. The zero-order chi connectivity index (χ0) is 21.0. The molecule has 0 unspecified atom stereocenters. The summed E-state index contributed by atoms with van der Waals surface area (Å²) in [5, 5.41) is 14.5. The van der Waals surface area contributed by atoms with Gasteiger partial charge in [0.1, 0.15) is 11.3 Å². The highest BCUT2D eigenvalue weighted by molar-refractivity contribution is 5.87. The van der Waals surface area contributed by atoms with Crippen LogP contribution in [0.15, 0.2) is 27.4 Å². The number of rotatable bonds is 8. The normalized spacial score (nSPS) is 13.4. The fraction of sp³-hybridized carbons (Fsp3) is 0.476. The number of benzene rings is 1. The van der Waals surface area contributed by atoms with Gasteiger partial charge in [-0.1, -0.05) is 20.8 Å². The van der Waals surface area contributed by atoms with Gasteiger partial charge in [0.25, 0.3) is 5.91 Å². The zero-order valence-corrected chi connectivity index (χ0v) is 16.8. The number of ether oxygens (including phenoxy) is 1. The highest BCUT2D eigenvalue weighted by Crippen LogP contribution is 2.29. The average Bonchev–Trinajstić information content (AvgIpc) is 2.62. The number of amides is 1. The molecule has 1 N–H and O–H groups in total. The standard InChI is InChI=1S/C21H27NO6/c1-6-14-10-18(23)28-19-12(4)17(8-7-15(14)19)27-13(5)20(24)22-16(21(25)26)9-11(2)3/h7-8,10-11,13,16H,6,9H2,1-5H3,(H,22,24)(H,25,26)/p-1/t13-,16-/m0/s1. The Morgan fingerprint density at radius 3 is 2.50 bits per heavy atom. The summed E-state index contributed by atoms with van der Waals surface area (Å²) in [5.74, 6) is -1.42. The predicted octanol–water partition coefficient (Wildman–Crippen LogP) is 1.71. The number of nitrogens with one attached hydrogen (secondary N) is 1. The Morgan fingerprint density at radius 1 is 1.25 bits per heavy atom. The summed E-state index contributed by atoms with van der Waals surface area (Å²) >= 11 is 0. The Morgan fingerprint density at radius 2 is 1.93 bits per heavy atom. The van der Waals surface area contributed by atoms with Crippen molar-refractivity contribution in [1.82, 2.24) is 5.32 Å². The summed E-state index contributed by atoms with van der Waals surface area (Å²) in [7, 11) is 0. The van der Waals surface area contributed by atoms with Crippen molar-refractivity contribution in [2.45, 2.75) is 59.6 Å². The Bertz CT molecular complexity index is 930. The van der Waals surface area contributed by atoms with Crippen molar-refractivity contribution in [3.63, 3.8) is 0 Å². The predicted molar refractivity (Wildman–Crippen MR) is 103 cm³/mol. The molecule has 0 aliphatic heterocycles. The molecule has 1 aromatic carbocycles. The minimum Gasteiger partial charge on any atom is -0.548 e. The van der Waals surface area contributed by atoms with Crippen molar-refractivity contribution in [3.8, 4) is 5.75 Å². The fourth-order valence-corrected chi connectivity index (χ4v) is 3.05. The number of fused-ring (bicyclic) bond motifs is 1. The number of aryl methyl sites for hydroxylation is 2. The molecule has 0 aliphatic rings. The van der Waals surface area contributed by atoms with Crippen molar-refractivity contribution >= 4 is 22.8 Å². The molecule has 7 heteroatoms. The molecule has 1 amide bonds. The lowest BCUT2D eigenvalue weighted by atomic mass is 10.0. The summed E-state index contributed by atoms with van der Waals surface area (Å²) in [6.07, 6.45) is 0.00753. The second kappa shape index (κ2) is 8.91. The Hall–Kier alpha value is -2.83. The van der Waals surface area contributed by atoms with Crippen LogP contribution in [0.5, 0.6) is 5.75 Å². The van der Waals surface area contributed by atoms with Crippen LogP contribution in [0, 0.1) is 12.8 Å². The van der Waals surface area contributed by atoms with Gasteiger partial charge in [-0.25, -0.2) is 4.79 Å². The molecule has 2 rings (SSSR count). The SMILES string of the molecule is CCc1cc(=O)oc2c(C)c(O[C@@H](C)C(=O)N[C@@H](CC(C)C)C(=O)[O-])ccc12. The number of carboxylic acids is 1. The van der Waals surface area contributed by atoms with E-state index in [9.17, 15) is 19.5 Å². The van der Waals surface area contributed by atoms with E-state index in [0.717, 1.165) is 10.9 Å². The molecular formula is C21H26NO6-. The molecule has 28 heavy (non-hydrogen) atoms. The second-order valence-corrected chi connectivity index (χ2v) is 7.28. The molecule has 0 aliphatic carbocycles. The third-order valence-electron chi connectivity index (χ3n) is 4.56. The summed E-state index contributed by atoms with van der Waals surface area (Å²) < 4.78 is 11.1. The van der Waals surface area contributed by atoms with Gasteiger partial charge in [-0.05, 0) is 50.3 Å². The first-order valence-corrected chi connectivity index (χ1v) is 9.38. The maximum absolute atomic E-state index is 12.4. The van der Waals surface area contributed by atoms with E-state index in [1.165, 1.54) is 13.0 Å². The van der Waals surface area contributed by atoms with Crippen LogP contribution < -0.4 is 20.8 Å². The molecule has 0 saturated carbocycles. The lowest BCUT2D eigenvalue weighted by molar-refractivity contribution is -0.308. The molecule has 1 aromatic heterocycles. The molecule has 2 atom stereocenters. The average molecular weight is 388 g/mol. The maximum atomic E-state index is 12.4. The van der Waals surface area contributed by atoms with Crippen molar-refractivity contribution in [1.29, 1.82) is 0 Å². The lowest BCUT2D eigenvalue weighted by Crippen LogP contribution is -2.51. The topological polar surface area (TPSA) is 109 Å². The number of carboxylic acid groups (broad SMARTS) is 1. The first-order chi connectivity index (χ1) is 13.1. The van der Waals surface area contributed by atoms with Crippen molar-refractivity contribution in [3.05, 3.63) is 39.7 Å². The Balaban J connectivity index is 2.23. The number of hydrogen-bond acceptors (Lipinski definition) is 6. The Kier molecular flexibility index (Phi) is 6.83. The van der Waals surface area contributed by atoms with Gasteiger partial charge in [0, 0.05) is 17.0 Å². The van der Waals surface area contributed by atoms with E-state index in [4.69, 9.17) is 9.15 Å². The van der Waals surface area contributed by atoms with Gasteiger partial charge in [-0.3, -0.25) is 4.79 Å². The molecular weight excluding hydrogens is 362 g/mol. The molecule has 2 aromatic rings. The van der Waals surface area contributed by atoms with Gasteiger partial charge < -0.3 is 24.4 Å². The van der Waals surface area contributed by atoms with Crippen LogP contribution >= 0.6 is 0 Å². The molecule has 0 bridgehead atoms. The van der Waals surface area contributed by atoms with Gasteiger partial charge in [-0.2, -0.15) is 0 Å². The van der Waals surface area contributed by atoms with Crippen LogP contribution in [-0.2, 0) is 16.0 Å². The number of aliphatic carboxylic acids is 1. The fourth-order valence-electron chi connectivity index (χ4n) is 3.05. The highest BCUT2D eigenvalue weighted by atomic mass is 16.5. The van der Waals surface area contributed by atoms with Crippen LogP contribution in [0.2, 0.25) is 0 Å². The van der Waals surface area contributed by atoms with E-state index in [0.29, 0.717) is 23.3 Å². The summed E-state index contributed by atoms with van der Waals surface area (Å²) in [6, 6.07) is 3.88. The van der Waals surface area contributed by atoms with E-state index in [1.54, 1.807) is 19.1 Å². The van der Waals surface area contributed by atoms with E-state index >= 15 is 0 Å². The molecule has 7 nitrogen and oxygen atoms in total. The minimum absolute atomic E-state index is 0.0813. The van der Waals surface area contributed by atoms with Crippen molar-refractivity contribution < 1.29 is 23.8 Å². The summed E-state index contributed by atoms with van der Waals surface area (Å²) in [6.45, 7) is 8.94. The summed E-state index contributed by atoms with van der Waals surface area (Å²) in [4.78, 5) is 35.4. The molecule has 0 radical (unpaired) electrons. The lowest BCUT2D eigenvalue weighted by Gasteiger charge is -2.24. The van der Waals surface area contributed by atoms with Crippen LogP contribution in [0.3, 0.4) is 0 Å². The smallest absolute Gasteiger partial charge is 0.336 e. The van der Waals surface area contributed by atoms with Gasteiger partial charge in [0.2, 0.25) is 0 Å². The third kappa shape index (κ3) is 4.91.